The third kappa shape index (κ3) is 4.79. The first kappa shape index (κ1) is 18.4. The molecule has 1 aromatic carbocycles. The second-order valence-electron chi connectivity index (χ2n) is 6.27. The molecule has 25 heavy (non-hydrogen) atoms. The number of benzene rings is 1. The van der Waals surface area contributed by atoms with Crippen molar-refractivity contribution in [2.24, 2.45) is 5.92 Å². The SMILES string of the molecule is CC(=O)c1ccc(-c2ccc(C(=O)N(CC(=O)O)CC(C)C)o2)cc1. The third-order valence-corrected chi connectivity index (χ3v) is 3.59. The number of carboxylic acid groups (broad SMARTS) is 1. The van der Waals surface area contributed by atoms with Crippen molar-refractivity contribution in [3.63, 3.8) is 0 Å². The van der Waals surface area contributed by atoms with Gasteiger partial charge in [-0.1, -0.05) is 38.1 Å². The summed E-state index contributed by atoms with van der Waals surface area (Å²) in [6.45, 7) is 5.26. The van der Waals surface area contributed by atoms with Gasteiger partial charge in [-0.05, 0) is 25.0 Å². The monoisotopic (exact) mass is 343 g/mol. The highest BCUT2D eigenvalue weighted by atomic mass is 16.4. The van der Waals surface area contributed by atoms with Crippen LogP contribution in [0.5, 0.6) is 0 Å². The molecule has 0 radical (unpaired) electrons. The lowest BCUT2D eigenvalue weighted by atomic mass is 10.1. The number of nitrogens with zero attached hydrogens (tertiary/aromatic N) is 1. The Kier molecular flexibility index (Phi) is 5.75. The molecule has 0 bridgehead atoms. The van der Waals surface area contributed by atoms with Gasteiger partial charge in [0, 0.05) is 17.7 Å². The van der Waals surface area contributed by atoms with Crippen LogP contribution in [0.15, 0.2) is 40.8 Å². The van der Waals surface area contributed by atoms with Crippen molar-refractivity contribution >= 4 is 17.7 Å². The number of hydrogen-bond acceptors (Lipinski definition) is 4. The van der Waals surface area contributed by atoms with Gasteiger partial charge in [0.1, 0.15) is 12.3 Å². The van der Waals surface area contributed by atoms with Crippen molar-refractivity contribution < 1.29 is 23.9 Å². The van der Waals surface area contributed by atoms with E-state index >= 15 is 0 Å². The summed E-state index contributed by atoms with van der Waals surface area (Å²) in [5.74, 6) is -0.842. The molecule has 1 aromatic heterocycles. The summed E-state index contributed by atoms with van der Waals surface area (Å²) in [4.78, 5) is 36.1. The van der Waals surface area contributed by atoms with Crippen LogP contribution < -0.4 is 0 Å². The lowest BCUT2D eigenvalue weighted by Crippen LogP contribution is -2.38. The number of hydrogen-bond donors (Lipinski definition) is 1. The van der Waals surface area contributed by atoms with Crippen LogP contribution in [0.4, 0.5) is 0 Å². The predicted molar refractivity (Wildman–Crippen MR) is 92.5 cm³/mol. The molecule has 1 amide bonds. The largest absolute Gasteiger partial charge is 0.480 e. The van der Waals surface area contributed by atoms with E-state index in [-0.39, 0.29) is 24.0 Å². The summed E-state index contributed by atoms with van der Waals surface area (Å²) in [7, 11) is 0. The van der Waals surface area contributed by atoms with Crippen molar-refractivity contribution in [3.8, 4) is 11.3 Å². The van der Waals surface area contributed by atoms with E-state index in [0.717, 1.165) is 5.56 Å². The Balaban J connectivity index is 2.21. The number of carbonyl (C=O) groups is 3. The van der Waals surface area contributed by atoms with Crippen LogP contribution >= 0.6 is 0 Å². The Labute approximate surface area is 146 Å². The first-order chi connectivity index (χ1) is 11.8. The van der Waals surface area contributed by atoms with E-state index in [1.165, 1.54) is 17.9 Å². The first-order valence-corrected chi connectivity index (χ1v) is 8.00. The molecule has 0 unspecified atom stereocenters. The molecule has 6 nitrogen and oxygen atoms in total. The van der Waals surface area contributed by atoms with Gasteiger partial charge in [0.2, 0.25) is 0 Å². The summed E-state index contributed by atoms with van der Waals surface area (Å²) in [6.07, 6.45) is 0. The van der Waals surface area contributed by atoms with E-state index in [9.17, 15) is 14.4 Å². The van der Waals surface area contributed by atoms with Crippen molar-refractivity contribution in [2.45, 2.75) is 20.8 Å². The van der Waals surface area contributed by atoms with E-state index in [4.69, 9.17) is 9.52 Å². The Morgan fingerprint density at radius 3 is 2.24 bits per heavy atom. The van der Waals surface area contributed by atoms with Crippen molar-refractivity contribution in [3.05, 3.63) is 47.7 Å². The molecule has 0 aliphatic rings. The fourth-order valence-corrected chi connectivity index (χ4v) is 2.46. The quantitative estimate of drug-likeness (QED) is 0.779. The summed E-state index contributed by atoms with van der Waals surface area (Å²) in [6, 6.07) is 10.1. The minimum absolute atomic E-state index is 0.0279. The lowest BCUT2D eigenvalue weighted by Gasteiger charge is -2.21. The lowest BCUT2D eigenvalue weighted by molar-refractivity contribution is -0.137. The van der Waals surface area contributed by atoms with E-state index in [2.05, 4.69) is 0 Å². The predicted octanol–water partition coefficient (Wildman–Crippen LogP) is 3.33. The summed E-state index contributed by atoms with van der Waals surface area (Å²) in [5, 5.41) is 8.99. The van der Waals surface area contributed by atoms with Crippen LogP contribution in [-0.4, -0.2) is 40.8 Å². The van der Waals surface area contributed by atoms with Crippen LogP contribution in [0.3, 0.4) is 0 Å². The van der Waals surface area contributed by atoms with Crippen molar-refractivity contribution in [2.75, 3.05) is 13.1 Å². The normalized spacial score (nSPS) is 10.7. The van der Waals surface area contributed by atoms with Crippen LogP contribution in [-0.2, 0) is 4.79 Å². The van der Waals surface area contributed by atoms with E-state index in [0.29, 0.717) is 17.9 Å². The average Bonchev–Trinajstić information content (AvgIpc) is 3.02. The molecule has 6 heteroatoms. The number of Topliss-reactive ketones (excluding diaryl/α,β-unsaturated/α-hetero) is 1. The van der Waals surface area contributed by atoms with Gasteiger partial charge in [0.05, 0.1) is 0 Å². The molecule has 0 aliphatic carbocycles. The zero-order valence-corrected chi connectivity index (χ0v) is 14.5. The number of furan rings is 1. The molecule has 0 spiro atoms. The summed E-state index contributed by atoms with van der Waals surface area (Å²) in [5.41, 5.74) is 1.33. The number of aliphatic carboxylic acids is 1. The molecule has 0 aliphatic heterocycles. The highest BCUT2D eigenvalue weighted by molar-refractivity contribution is 5.95. The van der Waals surface area contributed by atoms with Crippen molar-refractivity contribution in [1.29, 1.82) is 0 Å². The fraction of sp³-hybridized carbons (Fsp3) is 0.316. The van der Waals surface area contributed by atoms with E-state index in [1.807, 2.05) is 13.8 Å². The Morgan fingerprint density at radius 2 is 1.72 bits per heavy atom. The van der Waals surface area contributed by atoms with Crippen LogP contribution in [0.25, 0.3) is 11.3 Å². The molecule has 1 heterocycles. The number of carboxylic acids is 1. The van der Waals surface area contributed by atoms with Gasteiger partial charge < -0.3 is 14.4 Å². The Morgan fingerprint density at radius 1 is 1.08 bits per heavy atom. The standard InChI is InChI=1S/C19H21NO5/c1-12(2)10-20(11-18(22)23)19(24)17-9-8-16(25-17)15-6-4-14(5-7-15)13(3)21/h4-9,12H,10-11H2,1-3H3,(H,22,23). The first-order valence-electron chi connectivity index (χ1n) is 8.00. The van der Waals surface area contributed by atoms with Gasteiger partial charge in [-0.15, -0.1) is 0 Å². The van der Waals surface area contributed by atoms with Crippen LogP contribution in [0.1, 0.15) is 41.7 Å². The second kappa shape index (κ2) is 7.79. The molecule has 1 N–H and O–H groups in total. The van der Waals surface area contributed by atoms with E-state index < -0.39 is 11.9 Å². The maximum Gasteiger partial charge on any atom is 0.323 e. The highest BCUT2D eigenvalue weighted by Crippen LogP contribution is 2.23. The third-order valence-electron chi connectivity index (χ3n) is 3.59. The molecule has 0 saturated carbocycles. The maximum absolute atomic E-state index is 12.5. The molecule has 0 fully saturated rings. The highest BCUT2D eigenvalue weighted by Gasteiger charge is 2.22. The second-order valence-corrected chi connectivity index (χ2v) is 6.27. The topological polar surface area (TPSA) is 87.8 Å². The molecular weight excluding hydrogens is 322 g/mol. The molecule has 0 saturated heterocycles. The summed E-state index contributed by atoms with van der Waals surface area (Å²) < 4.78 is 5.61. The molecular formula is C19H21NO5. The fourth-order valence-electron chi connectivity index (χ4n) is 2.46. The summed E-state index contributed by atoms with van der Waals surface area (Å²) >= 11 is 0. The Bertz CT molecular complexity index is 773. The van der Waals surface area contributed by atoms with Gasteiger partial charge in [-0.3, -0.25) is 14.4 Å². The van der Waals surface area contributed by atoms with Crippen molar-refractivity contribution in [1.82, 2.24) is 4.90 Å². The Hall–Kier alpha value is -2.89. The number of amides is 1. The zero-order chi connectivity index (χ0) is 18.6. The van der Waals surface area contributed by atoms with Gasteiger partial charge in [-0.25, -0.2) is 0 Å². The van der Waals surface area contributed by atoms with Crippen LogP contribution in [0.2, 0.25) is 0 Å². The molecule has 2 rings (SSSR count). The zero-order valence-electron chi connectivity index (χ0n) is 14.5. The smallest absolute Gasteiger partial charge is 0.323 e. The molecule has 0 atom stereocenters. The van der Waals surface area contributed by atoms with Gasteiger partial charge in [0.15, 0.2) is 11.5 Å². The molecule has 132 valence electrons. The number of ketones is 1. The van der Waals surface area contributed by atoms with Crippen LogP contribution in [0, 0.1) is 5.92 Å². The molecule has 2 aromatic rings. The number of rotatable bonds is 7. The average molecular weight is 343 g/mol. The van der Waals surface area contributed by atoms with Gasteiger partial charge in [0.25, 0.3) is 5.91 Å². The number of carbonyl (C=O) groups excluding carboxylic acids is 2. The van der Waals surface area contributed by atoms with Gasteiger partial charge in [-0.2, -0.15) is 0 Å². The minimum atomic E-state index is -1.07. The maximum atomic E-state index is 12.5. The minimum Gasteiger partial charge on any atom is -0.480 e. The van der Waals surface area contributed by atoms with Gasteiger partial charge >= 0.3 is 5.97 Å². The van der Waals surface area contributed by atoms with E-state index in [1.54, 1.807) is 30.3 Å².